The smallest absolute Gasteiger partial charge is 0.300 e. The van der Waals surface area contributed by atoms with Crippen LogP contribution in [-0.4, -0.2) is 30.9 Å². The third-order valence-electron chi connectivity index (χ3n) is 5.81. The van der Waals surface area contributed by atoms with Crippen LogP contribution in [0, 0.1) is 13.8 Å². The average Bonchev–Trinajstić information content (AvgIpc) is 3.05. The zero-order chi connectivity index (χ0) is 23.0. The lowest BCUT2D eigenvalue weighted by Crippen LogP contribution is -2.29. The Morgan fingerprint density at radius 1 is 0.812 bits per heavy atom. The molecule has 3 aromatic carbocycles. The monoisotopic (exact) mass is 426 g/mol. The summed E-state index contributed by atoms with van der Waals surface area (Å²) in [5, 5.41) is 11.2. The molecule has 3 aromatic rings. The van der Waals surface area contributed by atoms with Crippen LogP contribution >= 0.6 is 0 Å². The van der Waals surface area contributed by atoms with Gasteiger partial charge in [-0.25, -0.2) is 0 Å². The molecule has 0 aromatic heterocycles. The Kier molecular flexibility index (Phi) is 5.57. The SMILES string of the molecule is Cc1ccc(/C(O)=C2/C(=O)C(=O)N(c3ccc(C)cc3)C2c2ccc(N(C)C)cc2)cc1. The lowest BCUT2D eigenvalue weighted by Gasteiger charge is -2.26. The van der Waals surface area contributed by atoms with Crippen LogP contribution in [0.2, 0.25) is 0 Å². The molecule has 1 fully saturated rings. The minimum absolute atomic E-state index is 0.0945. The van der Waals surface area contributed by atoms with Crippen molar-refractivity contribution in [2.45, 2.75) is 19.9 Å². The number of aryl methyl sites for hydroxylation is 2. The van der Waals surface area contributed by atoms with Crippen LogP contribution < -0.4 is 9.80 Å². The van der Waals surface area contributed by atoms with Gasteiger partial charge in [-0.2, -0.15) is 0 Å². The van der Waals surface area contributed by atoms with Crippen molar-refractivity contribution in [3.63, 3.8) is 0 Å². The molecule has 1 aliphatic heterocycles. The van der Waals surface area contributed by atoms with Gasteiger partial charge in [0.15, 0.2) is 0 Å². The second kappa shape index (κ2) is 8.35. The lowest BCUT2D eigenvalue weighted by atomic mass is 9.94. The van der Waals surface area contributed by atoms with E-state index in [4.69, 9.17) is 0 Å². The van der Waals surface area contributed by atoms with E-state index in [0.29, 0.717) is 11.3 Å². The van der Waals surface area contributed by atoms with Crippen molar-refractivity contribution >= 4 is 28.8 Å². The Bertz CT molecular complexity index is 1190. The first-order chi connectivity index (χ1) is 15.3. The number of amides is 1. The summed E-state index contributed by atoms with van der Waals surface area (Å²) < 4.78 is 0. The number of hydrogen-bond donors (Lipinski definition) is 1. The van der Waals surface area contributed by atoms with Gasteiger partial charge in [-0.3, -0.25) is 14.5 Å². The van der Waals surface area contributed by atoms with Crippen LogP contribution in [-0.2, 0) is 9.59 Å². The Balaban J connectivity index is 1.91. The van der Waals surface area contributed by atoms with Crippen LogP contribution in [0.1, 0.15) is 28.3 Å². The number of anilines is 2. The fourth-order valence-corrected chi connectivity index (χ4v) is 3.94. The molecular formula is C27H26N2O3. The van der Waals surface area contributed by atoms with Crippen LogP contribution in [0.4, 0.5) is 11.4 Å². The summed E-state index contributed by atoms with van der Waals surface area (Å²) in [6.45, 7) is 3.92. The number of carbonyl (C=O) groups excluding carboxylic acids is 2. The van der Waals surface area contributed by atoms with E-state index in [0.717, 1.165) is 22.4 Å². The van der Waals surface area contributed by atoms with Gasteiger partial charge in [0.25, 0.3) is 11.7 Å². The second-order valence-electron chi connectivity index (χ2n) is 8.36. The van der Waals surface area contributed by atoms with E-state index in [2.05, 4.69) is 0 Å². The van der Waals surface area contributed by atoms with E-state index >= 15 is 0 Å². The number of aliphatic hydroxyl groups is 1. The largest absolute Gasteiger partial charge is 0.507 e. The molecule has 0 spiro atoms. The van der Waals surface area contributed by atoms with E-state index in [1.165, 1.54) is 4.90 Å². The summed E-state index contributed by atoms with van der Waals surface area (Å²) in [7, 11) is 3.90. The summed E-state index contributed by atoms with van der Waals surface area (Å²) in [4.78, 5) is 29.8. The van der Waals surface area contributed by atoms with Gasteiger partial charge in [-0.05, 0) is 43.7 Å². The van der Waals surface area contributed by atoms with Crippen molar-refractivity contribution in [2.75, 3.05) is 23.9 Å². The quantitative estimate of drug-likeness (QED) is 0.363. The molecule has 1 heterocycles. The maximum Gasteiger partial charge on any atom is 0.300 e. The fraction of sp³-hybridized carbons (Fsp3) is 0.185. The zero-order valence-corrected chi connectivity index (χ0v) is 18.7. The molecule has 4 rings (SSSR count). The minimum Gasteiger partial charge on any atom is -0.507 e. The highest BCUT2D eigenvalue weighted by Gasteiger charge is 2.46. The summed E-state index contributed by atoms with van der Waals surface area (Å²) in [6.07, 6.45) is 0. The van der Waals surface area contributed by atoms with Gasteiger partial charge in [0.2, 0.25) is 0 Å². The van der Waals surface area contributed by atoms with Crippen LogP contribution in [0.15, 0.2) is 78.4 Å². The molecule has 5 nitrogen and oxygen atoms in total. The molecule has 0 radical (unpaired) electrons. The van der Waals surface area contributed by atoms with Crippen LogP contribution in [0.5, 0.6) is 0 Å². The lowest BCUT2D eigenvalue weighted by molar-refractivity contribution is -0.132. The summed E-state index contributed by atoms with van der Waals surface area (Å²) in [5.74, 6) is -1.51. The van der Waals surface area contributed by atoms with Gasteiger partial charge in [-0.1, -0.05) is 59.7 Å². The van der Waals surface area contributed by atoms with E-state index in [1.807, 2.05) is 93.5 Å². The van der Waals surface area contributed by atoms with E-state index in [9.17, 15) is 14.7 Å². The first kappa shape index (κ1) is 21.4. The topological polar surface area (TPSA) is 60.9 Å². The Morgan fingerprint density at radius 3 is 1.88 bits per heavy atom. The Morgan fingerprint density at radius 2 is 1.34 bits per heavy atom. The number of ketones is 1. The van der Waals surface area contributed by atoms with Crippen molar-refractivity contribution in [1.82, 2.24) is 0 Å². The van der Waals surface area contributed by atoms with Gasteiger partial charge >= 0.3 is 0 Å². The fourth-order valence-electron chi connectivity index (χ4n) is 3.94. The molecule has 1 unspecified atom stereocenters. The number of benzene rings is 3. The number of rotatable bonds is 4. The highest BCUT2D eigenvalue weighted by Crippen LogP contribution is 2.42. The van der Waals surface area contributed by atoms with Crippen molar-refractivity contribution in [1.29, 1.82) is 0 Å². The molecule has 162 valence electrons. The van der Waals surface area contributed by atoms with Crippen LogP contribution in [0.3, 0.4) is 0 Å². The van der Waals surface area contributed by atoms with E-state index in [1.54, 1.807) is 12.1 Å². The molecule has 1 aliphatic rings. The first-order valence-electron chi connectivity index (χ1n) is 10.5. The molecular weight excluding hydrogens is 400 g/mol. The number of Topliss-reactive ketones (excluding diaryl/α,β-unsaturated/α-hetero) is 1. The van der Waals surface area contributed by atoms with Crippen molar-refractivity contribution in [2.24, 2.45) is 0 Å². The van der Waals surface area contributed by atoms with Gasteiger partial charge in [0, 0.05) is 31.0 Å². The average molecular weight is 427 g/mol. The number of carbonyl (C=O) groups is 2. The molecule has 1 amide bonds. The number of aliphatic hydroxyl groups excluding tert-OH is 1. The van der Waals surface area contributed by atoms with Gasteiger partial charge in [-0.15, -0.1) is 0 Å². The highest BCUT2D eigenvalue weighted by atomic mass is 16.3. The van der Waals surface area contributed by atoms with Crippen LogP contribution in [0.25, 0.3) is 5.76 Å². The standard InChI is InChI=1S/C27H26N2O3/c1-17-5-9-20(10-6-17)25(30)23-24(19-11-15-21(16-12-19)28(3)4)29(27(32)26(23)31)22-13-7-18(2)8-14-22/h5-16,24,30H,1-4H3/b25-23-. The maximum absolute atomic E-state index is 13.2. The number of nitrogens with zero attached hydrogens (tertiary/aromatic N) is 2. The summed E-state index contributed by atoms with van der Waals surface area (Å²) >= 11 is 0. The molecule has 0 saturated carbocycles. The minimum atomic E-state index is -0.727. The van der Waals surface area contributed by atoms with E-state index < -0.39 is 17.7 Å². The summed E-state index contributed by atoms with van der Waals surface area (Å²) in [5.41, 5.74) is 5.06. The predicted molar refractivity (Wildman–Crippen MR) is 128 cm³/mol. The normalized spacial score (nSPS) is 17.6. The van der Waals surface area contributed by atoms with Gasteiger partial charge in [0.1, 0.15) is 5.76 Å². The zero-order valence-electron chi connectivity index (χ0n) is 18.7. The summed E-state index contributed by atoms with van der Waals surface area (Å²) in [6, 6.07) is 21.7. The molecule has 0 bridgehead atoms. The molecule has 5 heteroatoms. The predicted octanol–water partition coefficient (Wildman–Crippen LogP) is 5.00. The number of hydrogen-bond acceptors (Lipinski definition) is 4. The van der Waals surface area contributed by atoms with Crippen molar-refractivity contribution < 1.29 is 14.7 Å². The van der Waals surface area contributed by atoms with Gasteiger partial charge in [0.05, 0.1) is 11.6 Å². The van der Waals surface area contributed by atoms with Gasteiger partial charge < -0.3 is 10.0 Å². The molecule has 32 heavy (non-hydrogen) atoms. The maximum atomic E-state index is 13.2. The van der Waals surface area contributed by atoms with Crippen molar-refractivity contribution in [3.8, 4) is 0 Å². The highest BCUT2D eigenvalue weighted by molar-refractivity contribution is 6.51. The third-order valence-corrected chi connectivity index (χ3v) is 5.81. The first-order valence-corrected chi connectivity index (χ1v) is 10.5. The molecule has 0 aliphatic carbocycles. The van der Waals surface area contributed by atoms with Crippen molar-refractivity contribution in [3.05, 3.63) is 101 Å². The molecule has 1 saturated heterocycles. The van der Waals surface area contributed by atoms with E-state index in [-0.39, 0.29) is 11.3 Å². The Labute approximate surface area is 188 Å². The molecule has 1 atom stereocenters. The Hall–Kier alpha value is -3.86. The third kappa shape index (κ3) is 3.78. The molecule has 1 N–H and O–H groups in total. The second-order valence-corrected chi connectivity index (χ2v) is 8.36.